The fourth-order valence-corrected chi connectivity index (χ4v) is 2.64. The van der Waals surface area contributed by atoms with E-state index < -0.39 is 5.97 Å². The van der Waals surface area contributed by atoms with Crippen LogP contribution in [0.25, 0.3) is 5.65 Å². The average Bonchev–Trinajstić information content (AvgIpc) is 2.69. The number of H-pyrrole nitrogens is 1. The maximum atomic E-state index is 12.4. The Balaban J connectivity index is 2.03. The number of nitrogens with one attached hydrogen (secondary N) is 1. The van der Waals surface area contributed by atoms with E-state index in [1.54, 1.807) is 6.92 Å². The second-order valence-corrected chi connectivity index (χ2v) is 5.41. The Bertz CT molecular complexity index is 725. The minimum absolute atomic E-state index is 0.0555. The predicted molar refractivity (Wildman–Crippen MR) is 73.1 cm³/mol. The second-order valence-electron chi connectivity index (χ2n) is 5.41. The van der Waals surface area contributed by atoms with Crippen LogP contribution >= 0.6 is 0 Å². The molecular formula is C14H17N3O3. The number of aromatic amines is 1. The van der Waals surface area contributed by atoms with Crippen molar-refractivity contribution in [2.24, 2.45) is 0 Å². The van der Waals surface area contributed by atoms with Gasteiger partial charge >= 0.3 is 5.97 Å². The number of nitrogens with zero attached hydrogens (tertiary/aromatic N) is 2. The van der Waals surface area contributed by atoms with Crippen molar-refractivity contribution in [1.82, 2.24) is 14.6 Å². The molecule has 106 valence electrons. The van der Waals surface area contributed by atoms with Gasteiger partial charge in [-0.1, -0.05) is 6.42 Å². The smallest absolute Gasteiger partial charge is 0.303 e. The Labute approximate surface area is 115 Å². The number of rotatable bonds is 4. The van der Waals surface area contributed by atoms with Gasteiger partial charge in [-0.15, -0.1) is 0 Å². The lowest BCUT2D eigenvalue weighted by Gasteiger charge is -2.23. The van der Waals surface area contributed by atoms with E-state index in [1.807, 2.05) is 6.07 Å². The molecule has 3 rings (SSSR count). The summed E-state index contributed by atoms with van der Waals surface area (Å²) in [6.07, 6.45) is 3.68. The van der Waals surface area contributed by atoms with Gasteiger partial charge in [0, 0.05) is 35.4 Å². The molecular weight excluding hydrogens is 258 g/mol. The SMILES string of the molecule is Cc1nc2cc(C3CCC3)[nH]n2c(=O)c1CCC(=O)O. The van der Waals surface area contributed by atoms with E-state index in [-0.39, 0.29) is 18.4 Å². The average molecular weight is 275 g/mol. The third-order valence-electron chi connectivity index (χ3n) is 4.07. The van der Waals surface area contributed by atoms with Crippen molar-refractivity contribution >= 4 is 11.6 Å². The summed E-state index contributed by atoms with van der Waals surface area (Å²) in [6.45, 7) is 1.76. The highest BCUT2D eigenvalue weighted by Crippen LogP contribution is 2.35. The third kappa shape index (κ3) is 2.11. The third-order valence-corrected chi connectivity index (χ3v) is 4.07. The fraction of sp³-hybridized carbons (Fsp3) is 0.500. The quantitative estimate of drug-likeness (QED) is 0.887. The minimum Gasteiger partial charge on any atom is -0.481 e. The van der Waals surface area contributed by atoms with Gasteiger partial charge in [-0.25, -0.2) is 9.50 Å². The molecule has 0 bridgehead atoms. The summed E-state index contributed by atoms with van der Waals surface area (Å²) in [7, 11) is 0. The zero-order valence-electron chi connectivity index (χ0n) is 11.3. The largest absolute Gasteiger partial charge is 0.481 e. The first-order valence-corrected chi connectivity index (χ1v) is 6.89. The van der Waals surface area contributed by atoms with Crippen LogP contribution < -0.4 is 5.56 Å². The van der Waals surface area contributed by atoms with Gasteiger partial charge in [-0.2, -0.15) is 0 Å². The molecule has 20 heavy (non-hydrogen) atoms. The van der Waals surface area contributed by atoms with Gasteiger partial charge in [-0.3, -0.25) is 14.7 Å². The Kier molecular flexibility index (Phi) is 3.08. The first-order chi connectivity index (χ1) is 9.56. The van der Waals surface area contributed by atoms with Gasteiger partial charge in [0.15, 0.2) is 5.65 Å². The minimum atomic E-state index is -0.907. The normalized spacial score (nSPS) is 15.4. The number of fused-ring (bicyclic) bond motifs is 1. The Morgan fingerprint density at radius 3 is 2.90 bits per heavy atom. The van der Waals surface area contributed by atoms with E-state index >= 15 is 0 Å². The lowest BCUT2D eigenvalue weighted by Crippen LogP contribution is -2.22. The van der Waals surface area contributed by atoms with E-state index in [2.05, 4.69) is 10.1 Å². The molecule has 2 N–H and O–H groups in total. The van der Waals surface area contributed by atoms with Crippen LogP contribution in [0.2, 0.25) is 0 Å². The number of carbonyl (C=O) groups is 1. The lowest BCUT2D eigenvalue weighted by molar-refractivity contribution is -0.136. The highest BCUT2D eigenvalue weighted by molar-refractivity contribution is 5.67. The molecule has 1 fully saturated rings. The molecule has 1 aliphatic rings. The zero-order chi connectivity index (χ0) is 14.3. The molecule has 0 aliphatic heterocycles. The standard InChI is InChI=1S/C14H17N3O3/c1-8-10(5-6-13(18)19)14(20)17-12(15-8)7-11(16-17)9-3-2-4-9/h7,9,16H,2-6H2,1H3,(H,18,19). The highest BCUT2D eigenvalue weighted by atomic mass is 16.4. The van der Waals surface area contributed by atoms with Crippen molar-refractivity contribution in [3.05, 3.63) is 33.4 Å². The number of hydrogen-bond donors (Lipinski definition) is 2. The van der Waals surface area contributed by atoms with Gasteiger partial charge in [0.2, 0.25) is 0 Å². The van der Waals surface area contributed by atoms with Crippen LogP contribution in [0.5, 0.6) is 0 Å². The Hall–Kier alpha value is -2.11. The molecule has 2 aromatic rings. The summed E-state index contributed by atoms with van der Waals surface area (Å²) in [5.74, 6) is -0.408. The van der Waals surface area contributed by atoms with Crippen LogP contribution in [0, 0.1) is 6.92 Å². The number of hydrogen-bond acceptors (Lipinski definition) is 3. The highest BCUT2D eigenvalue weighted by Gasteiger charge is 2.22. The molecule has 1 aliphatic carbocycles. The van der Waals surface area contributed by atoms with Crippen LogP contribution in [0.4, 0.5) is 0 Å². The maximum Gasteiger partial charge on any atom is 0.303 e. The van der Waals surface area contributed by atoms with Crippen molar-refractivity contribution in [2.45, 2.75) is 44.9 Å². The van der Waals surface area contributed by atoms with Crippen LogP contribution in [-0.2, 0) is 11.2 Å². The van der Waals surface area contributed by atoms with Crippen molar-refractivity contribution < 1.29 is 9.90 Å². The molecule has 1 saturated carbocycles. The number of aryl methyl sites for hydroxylation is 1. The van der Waals surface area contributed by atoms with Crippen molar-refractivity contribution in [3.8, 4) is 0 Å². The lowest BCUT2D eigenvalue weighted by atomic mass is 9.83. The summed E-state index contributed by atoms with van der Waals surface area (Å²) in [6, 6.07) is 1.93. The van der Waals surface area contributed by atoms with E-state index in [1.165, 1.54) is 10.9 Å². The van der Waals surface area contributed by atoms with Crippen LogP contribution in [0.1, 0.15) is 48.6 Å². The molecule has 6 nitrogen and oxygen atoms in total. The summed E-state index contributed by atoms with van der Waals surface area (Å²) in [5.41, 5.74) is 2.59. The summed E-state index contributed by atoms with van der Waals surface area (Å²) in [4.78, 5) is 27.5. The molecule has 0 atom stereocenters. The van der Waals surface area contributed by atoms with Crippen molar-refractivity contribution in [2.75, 3.05) is 0 Å². The molecule has 6 heteroatoms. The summed E-state index contributed by atoms with van der Waals surface area (Å²) >= 11 is 0. The summed E-state index contributed by atoms with van der Waals surface area (Å²) < 4.78 is 1.44. The topological polar surface area (TPSA) is 87.5 Å². The molecule has 2 aromatic heterocycles. The van der Waals surface area contributed by atoms with Gasteiger partial charge in [-0.05, 0) is 26.2 Å². The zero-order valence-corrected chi connectivity index (χ0v) is 11.3. The molecule has 0 aromatic carbocycles. The van der Waals surface area contributed by atoms with Crippen molar-refractivity contribution in [3.63, 3.8) is 0 Å². The maximum absolute atomic E-state index is 12.4. The molecule has 2 heterocycles. The van der Waals surface area contributed by atoms with Gasteiger partial charge in [0.1, 0.15) is 0 Å². The van der Waals surface area contributed by atoms with Gasteiger partial charge in [0.25, 0.3) is 5.56 Å². The van der Waals surface area contributed by atoms with Gasteiger partial charge < -0.3 is 5.11 Å². The molecule has 0 unspecified atom stereocenters. The van der Waals surface area contributed by atoms with Crippen LogP contribution in [0.3, 0.4) is 0 Å². The van der Waals surface area contributed by atoms with E-state index in [9.17, 15) is 9.59 Å². The summed E-state index contributed by atoms with van der Waals surface area (Å²) in [5, 5.41) is 11.9. The van der Waals surface area contributed by atoms with Gasteiger partial charge in [0.05, 0.1) is 0 Å². The predicted octanol–water partition coefficient (Wildman–Crippen LogP) is 1.62. The second kappa shape index (κ2) is 4.77. The molecule has 0 amide bonds. The molecule has 0 spiro atoms. The van der Waals surface area contributed by atoms with Crippen molar-refractivity contribution in [1.29, 1.82) is 0 Å². The first-order valence-electron chi connectivity index (χ1n) is 6.89. The van der Waals surface area contributed by atoms with E-state index in [4.69, 9.17) is 5.11 Å². The first kappa shape index (κ1) is 12.9. The molecule has 0 radical (unpaired) electrons. The van der Waals surface area contributed by atoms with Crippen LogP contribution in [0.15, 0.2) is 10.9 Å². The monoisotopic (exact) mass is 275 g/mol. The number of carboxylic acid groups (broad SMARTS) is 1. The number of carboxylic acids is 1. The van der Waals surface area contributed by atoms with Crippen LogP contribution in [-0.4, -0.2) is 25.7 Å². The van der Waals surface area contributed by atoms with E-state index in [0.29, 0.717) is 22.8 Å². The van der Waals surface area contributed by atoms with E-state index in [0.717, 1.165) is 18.5 Å². The Morgan fingerprint density at radius 1 is 1.55 bits per heavy atom. The fourth-order valence-electron chi connectivity index (χ4n) is 2.64. The Morgan fingerprint density at radius 2 is 2.30 bits per heavy atom. The number of aromatic nitrogens is 3. The number of aliphatic carboxylic acids is 1. The molecule has 0 saturated heterocycles.